The molecule has 3 atom stereocenters. The van der Waals surface area contributed by atoms with E-state index in [1.165, 1.54) is 0 Å². The molecular weight excluding hydrogens is 404 g/mol. The van der Waals surface area contributed by atoms with Crippen molar-refractivity contribution in [2.75, 3.05) is 6.54 Å². The quantitative estimate of drug-likeness (QED) is 0.548. The molecule has 1 saturated heterocycles. The molecule has 0 bridgehead atoms. The van der Waals surface area contributed by atoms with Gasteiger partial charge in [0, 0.05) is 35.7 Å². The summed E-state index contributed by atoms with van der Waals surface area (Å²) in [5.74, 6) is -1.35. The summed E-state index contributed by atoms with van der Waals surface area (Å²) in [5, 5.41) is 16.0. The Balaban J connectivity index is 1.72. The van der Waals surface area contributed by atoms with Crippen molar-refractivity contribution in [3.8, 4) is 6.07 Å². The van der Waals surface area contributed by atoms with E-state index >= 15 is 0 Å². The molecular formula is C25H32N4O3. The van der Waals surface area contributed by atoms with E-state index in [0.717, 1.165) is 16.5 Å². The summed E-state index contributed by atoms with van der Waals surface area (Å²) in [6.45, 7) is 8.66. The molecule has 3 N–H and O–H groups in total. The van der Waals surface area contributed by atoms with Gasteiger partial charge < -0.3 is 15.6 Å². The minimum absolute atomic E-state index is 0.0526. The molecule has 0 spiro atoms. The van der Waals surface area contributed by atoms with E-state index in [2.05, 4.69) is 21.7 Å². The number of hydrogen-bond acceptors (Lipinski definition) is 4. The van der Waals surface area contributed by atoms with Crippen LogP contribution in [0.25, 0.3) is 10.9 Å². The number of nitriles is 1. The first kappa shape index (κ1) is 23.5. The summed E-state index contributed by atoms with van der Waals surface area (Å²) >= 11 is 0. The minimum atomic E-state index is -0.759. The van der Waals surface area contributed by atoms with Crippen LogP contribution in [0, 0.1) is 35.5 Å². The first-order valence-electron chi connectivity index (χ1n) is 11.2. The second kappa shape index (κ2) is 9.56. The van der Waals surface area contributed by atoms with Gasteiger partial charge in [-0.2, -0.15) is 5.26 Å². The van der Waals surface area contributed by atoms with Crippen LogP contribution in [0.5, 0.6) is 0 Å². The van der Waals surface area contributed by atoms with Crippen molar-refractivity contribution >= 4 is 28.5 Å². The molecule has 1 aromatic carbocycles. The summed E-state index contributed by atoms with van der Waals surface area (Å²) in [6.07, 6.45) is 1.51. The molecule has 7 nitrogen and oxygen atoms in total. The summed E-state index contributed by atoms with van der Waals surface area (Å²) < 4.78 is 0. The Morgan fingerprint density at radius 1 is 1.28 bits per heavy atom. The Bertz CT molecular complexity index is 1060. The largest absolute Gasteiger partial charge is 0.356 e. The van der Waals surface area contributed by atoms with Gasteiger partial charge in [0.25, 0.3) is 0 Å². The van der Waals surface area contributed by atoms with Gasteiger partial charge in [-0.3, -0.25) is 14.4 Å². The lowest BCUT2D eigenvalue weighted by Gasteiger charge is -2.26. The fourth-order valence-corrected chi connectivity index (χ4v) is 4.32. The fraction of sp³-hybridized carbons (Fsp3) is 0.520. The van der Waals surface area contributed by atoms with Crippen LogP contribution in [0.4, 0.5) is 0 Å². The van der Waals surface area contributed by atoms with Crippen molar-refractivity contribution < 1.29 is 14.4 Å². The molecule has 1 aliphatic rings. The predicted molar refractivity (Wildman–Crippen MR) is 123 cm³/mol. The second-order valence-electron chi connectivity index (χ2n) is 10.1. The van der Waals surface area contributed by atoms with Gasteiger partial charge in [0.2, 0.25) is 11.8 Å². The van der Waals surface area contributed by atoms with Crippen LogP contribution in [-0.4, -0.2) is 35.2 Å². The van der Waals surface area contributed by atoms with Gasteiger partial charge >= 0.3 is 0 Å². The normalized spacial score (nSPS) is 18.1. The maximum absolute atomic E-state index is 13.1. The lowest BCUT2D eigenvalue weighted by molar-refractivity contribution is -0.127. The van der Waals surface area contributed by atoms with Crippen LogP contribution in [0.3, 0.4) is 0 Å². The fourth-order valence-electron chi connectivity index (χ4n) is 4.32. The Morgan fingerprint density at radius 3 is 2.66 bits per heavy atom. The number of hydrogen-bond donors (Lipinski definition) is 3. The second-order valence-corrected chi connectivity index (χ2v) is 10.1. The number of nitrogens with zero attached hydrogens (tertiary/aromatic N) is 1. The van der Waals surface area contributed by atoms with Crippen molar-refractivity contribution in [1.82, 2.24) is 15.6 Å². The smallest absolute Gasteiger partial charge is 0.224 e. The van der Waals surface area contributed by atoms with E-state index in [4.69, 9.17) is 0 Å². The number of H-pyrrole nitrogens is 1. The van der Waals surface area contributed by atoms with Crippen molar-refractivity contribution in [2.24, 2.45) is 17.3 Å². The number of amides is 2. The molecule has 0 unspecified atom stereocenters. The number of aromatic amines is 1. The molecule has 3 rings (SSSR count). The van der Waals surface area contributed by atoms with Crippen LogP contribution in [0.15, 0.2) is 24.3 Å². The summed E-state index contributed by atoms with van der Waals surface area (Å²) in [5.41, 5.74) is 2.30. The topological polar surface area (TPSA) is 115 Å². The van der Waals surface area contributed by atoms with Crippen LogP contribution < -0.4 is 10.6 Å². The lowest BCUT2D eigenvalue weighted by Crippen LogP contribution is -2.41. The highest BCUT2D eigenvalue weighted by Gasteiger charge is 2.32. The highest BCUT2D eigenvalue weighted by molar-refractivity contribution is 6.01. The summed E-state index contributed by atoms with van der Waals surface area (Å²) in [6, 6.07) is 9.11. The first-order valence-corrected chi connectivity index (χ1v) is 11.2. The highest BCUT2D eigenvalue weighted by atomic mass is 16.2. The predicted octanol–water partition coefficient (Wildman–Crippen LogP) is 3.64. The van der Waals surface area contributed by atoms with Crippen molar-refractivity contribution in [3.05, 3.63) is 35.5 Å². The van der Waals surface area contributed by atoms with E-state index in [-0.39, 0.29) is 41.8 Å². The molecule has 0 saturated carbocycles. The SMILES string of the molecule is Cc1ccc2[nH]c(C(=O)C[C@@H](CC(C)(C)C)C(=O)N[C@H](C#N)C[C@@H]3CCNC3=O)cc2c1. The zero-order valence-electron chi connectivity index (χ0n) is 19.2. The first-order chi connectivity index (χ1) is 15.1. The molecule has 2 amide bonds. The number of aromatic nitrogens is 1. The molecule has 1 fully saturated rings. The molecule has 2 heterocycles. The third-order valence-electron chi connectivity index (χ3n) is 5.89. The molecule has 1 aromatic heterocycles. The standard InChI is InChI=1S/C25H32N4O3/c1-15-5-6-20-17(9-15)11-21(29-20)22(30)12-18(13-25(2,3)4)24(32)28-19(14-26)10-16-7-8-27-23(16)31/h5-6,9,11,16,18-19,29H,7-8,10,12-13H2,1-4H3,(H,27,31)(H,28,32)/t16-,18-,19-/m0/s1. The third-order valence-corrected chi connectivity index (χ3v) is 5.89. The van der Waals surface area contributed by atoms with Gasteiger partial charge in [-0.1, -0.05) is 32.4 Å². The van der Waals surface area contributed by atoms with Crippen LogP contribution in [0.2, 0.25) is 0 Å². The number of rotatable bonds is 8. The van der Waals surface area contributed by atoms with Gasteiger partial charge in [-0.25, -0.2) is 0 Å². The monoisotopic (exact) mass is 436 g/mol. The van der Waals surface area contributed by atoms with E-state index in [0.29, 0.717) is 25.1 Å². The number of nitrogens with one attached hydrogen (secondary N) is 3. The van der Waals surface area contributed by atoms with E-state index in [1.54, 1.807) is 0 Å². The number of fused-ring (bicyclic) bond motifs is 1. The average Bonchev–Trinajstić information content (AvgIpc) is 3.31. The molecule has 170 valence electrons. The maximum Gasteiger partial charge on any atom is 0.224 e. The van der Waals surface area contributed by atoms with Gasteiger partial charge in [-0.05, 0) is 49.8 Å². The van der Waals surface area contributed by atoms with Crippen LogP contribution >= 0.6 is 0 Å². The molecule has 2 aromatic rings. The summed E-state index contributed by atoms with van der Waals surface area (Å²) in [4.78, 5) is 41.2. The van der Waals surface area contributed by atoms with Gasteiger partial charge in [-0.15, -0.1) is 0 Å². The molecule has 7 heteroatoms. The molecule has 0 radical (unpaired) electrons. The summed E-state index contributed by atoms with van der Waals surface area (Å²) in [7, 11) is 0. The Hall–Kier alpha value is -3.14. The van der Waals surface area contributed by atoms with Crippen molar-refractivity contribution in [3.63, 3.8) is 0 Å². The Labute approximate surface area is 188 Å². The average molecular weight is 437 g/mol. The van der Waals surface area contributed by atoms with E-state index < -0.39 is 12.0 Å². The van der Waals surface area contributed by atoms with Gasteiger partial charge in [0.15, 0.2) is 5.78 Å². The van der Waals surface area contributed by atoms with Crippen LogP contribution in [0.1, 0.15) is 62.5 Å². The number of aryl methyl sites for hydroxylation is 1. The third kappa shape index (κ3) is 5.97. The Morgan fingerprint density at radius 2 is 2.03 bits per heavy atom. The van der Waals surface area contributed by atoms with Crippen molar-refractivity contribution in [2.45, 2.75) is 59.4 Å². The number of ketones is 1. The number of benzene rings is 1. The zero-order chi connectivity index (χ0) is 23.5. The van der Waals surface area contributed by atoms with Crippen molar-refractivity contribution in [1.29, 1.82) is 5.26 Å². The lowest BCUT2D eigenvalue weighted by atomic mass is 9.81. The number of Topliss-reactive ketones (excluding diaryl/α,β-unsaturated/α-hetero) is 1. The number of carbonyl (C=O) groups is 3. The zero-order valence-corrected chi connectivity index (χ0v) is 19.2. The maximum atomic E-state index is 13.1. The van der Waals surface area contributed by atoms with Gasteiger partial charge in [0.1, 0.15) is 6.04 Å². The van der Waals surface area contributed by atoms with E-state index in [9.17, 15) is 19.6 Å². The molecule has 32 heavy (non-hydrogen) atoms. The van der Waals surface area contributed by atoms with Crippen LogP contribution in [-0.2, 0) is 9.59 Å². The minimum Gasteiger partial charge on any atom is -0.356 e. The van der Waals surface area contributed by atoms with E-state index in [1.807, 2.05) is 52.0 Å². The molecule has 1 aliphatic heterocycles. The Kier molecular flexibility index (Phi) is 7.02. The highest BCUT2D eigenvalue weighted by Crippen LogP contribution is 2.28. The number of carbonyl (C=O) groups excluding carboxylic acids is 3. The van der Waals surface area contributed by atoms with Gasteiger partial charge in [0.05, 0.1) is 11.8 Å². The molecule has 0 aliphatic carbocycles.